The third kappa shape index (κ3) is 3.69. The van der Waals surface area contributed by atoms with Crippen molar-refractivity contribution >= 4 is 0 Å². The lowest BCUT2D eigenvalue weighted by Gasteiger charge is -2.41. The molecule has 3 nitrogen and oxygen atoms in total. The Bertz CT molecular complexity index is 241. The number of nitrogens with zero attached hydrogens (tertiary/aromatic N) is 1. The summed E-state index contributed by atoms with van der Waals surface area (Å²) in [6.45, 7) is 7.81. The molecule has 0 bridgehead atoms. The fourth-order valence-corrected chi connectivity index (χ4v) is 3.69. The van der Waals surface area contributed by atoms with Gasteiger partial charge in [-0.15, -0.1) is 0 Å². The smallest absolute Gasteiger partial charge is 0.0678 e. The summed E-state index contributed by atoms with van der Waals surface area (Å²) in [4.78, 5) is 2.59. The van der Waals surface area contributed by atoms with Crippen LogP contribution in [-0.2, 0) is 4.74 Å². The van der Waals surface area contributed by atoms with Gasteiger partial charge in [-0.1, -0.05) is 19.3 Å². The van der Waals surface area contributed by atoms with Crippen molar-refractivity contribution in [3.8, 4) is 0 Å². The molecule has 1 N–H and O–H groups in total. The van der Waals surface area contributed by atoms with Crippen molar-refractivity contribution < 1.29 is 4.74 Å². The summed E-state index contributed by atoms with van der Waals surface area (Å²) in [5.41, 5.74) is 0.420. The quantitative estimate of drug-likeness (QED) is 0.834. The standard InChI is InChI=1S/C15H30N2O/c1-13-11-17(12-14(2)18-13)10-9-15(16-3)7-5-4-6-8-15/h13-14,16H,4-12H2,1-3H3. The van der Waals surface area contributed by atoms with Gasteiger partial charge in [0, 0.05) is 25.2 Å². The van der Waals surface area contributed by atoms with Gasteiger partial charge in [-0.3, -0.25) is 4.90 Å². The van der Waals surface area contributed by atoms with E-state index in [1.807, 2.05) is 0 Å². The summed E-state index contributed by atoms with van der Waals surface area (Å²) in [5, 5.41) is 3.62. The van der Waals surface area contributed by atoms with E-state index in [1.54, 1.807) is 0 Å². The minimum Gasteiger partial charge on any atom is -0.373 e. The van der Waals surface area contributed by atoms with Crippen LogP contribution in [0.25, 0.3) is 0 Å². The molecule has 0 aromatic heterocycles. The first-order valence-corrected chi connectivity index (χ1v) is 7.70. The van der Waals surface area contributed by atoms with E-state index in [0.29, 0.717) is 17.7 Å². The third-order valence-corrected chi connectivity index (χ3v) is 4.74. The molecule has 18 heavy (non-hydrogen) atoms. The van der Waals surface area contributed by atoms with Crippen molar-refractivity contribution in [1.29, 1.82) is 0 Å². The first kappa shape index (κ1) is 14.3. The summed E-state index contributed by atoms with van der Waals surface area (Å²) in [7, 11) is 2.15. The highest BCUT2D eigenvalue weighted by Gasteiger charge is 2.31. The highest BCUT2D eigenvalue weighted by atomic mass is 16.5. The van der Waals surface area contributed by atoms with E-state index in [-0.39, 0.29) is 0 Å². The maximum atomic E-state index is 5.80. The van der Waals surface area contributed by atoms with Gasteiger partial charge >= 0.3 is 0 Å². The molecule has 0 spiro atoms. The SMILES string of the molecule is CNC1(CCN2CC(C)OC(C)C2)CCCCC1. The maximum absolute atomic E-state index is 5.80. The van der Waals surface area contributed by atoms with E-state index in [0.717, 1.165) is 13.1 Å². The average molecular weight is 254 g/mol. The van der Waals surface area contributed by atoms with Gasteiger partial charge in [0.15, 0.2) is 0 Å². The summed E-state index contributed by atoms with van der Waals surface area (Å²) < 4.78 is 5.80. The first-order valence-electron chi connectivity index (χ1n) is 7.70. The summed E-state index contributed by atoms with van der Waals surface area (Å²) in [6.07, 6.45) is 9.03. The largest absolute Gasteiger partial charge is 0.373 e. The Morgan fingerprint density at radius 1 is 1.11 bits per heavy atom. The van der Waals surface area contributed by atoms with E-state index in [4.69, 9.17) is 4.74 Å². The number of hydrogen-bond donors (Lipinski definition) is 1. The minimum atomic E-state index is 0.394. The van der Waals surface area contributed by atoms with Crippen LogP contribution < -0.4 is 5.32 Å². The van der Waals surface area contributed by atoms with Gasteiger partial charge in [-0.2, -0.15) is 0 Å². The Hall–Kier alpha value is -0.120. The predicted octanol–water partition coefficient (Wildman–Crippen LogP) is 2.41. The van der Waals surface area contributed by atoms with Crippen molar-refractivity contribution in [2.45, 2.75) is 70.1 Å². The summed E-state index contributed by atoms with van der Waals surface area (Å²) in [5.74, 6) is 0. The predicted molar refractivity (Wildman–Crippen MR) is 75.9 cm³/mol. The second-order valence-electron chi connectivity index (χ2n) is 6.36. The van der Waals surface area contributed by atoms with Gasteiger partial charge in [0.2, 0.25) is 0 Å². The normalized spacial score (nSPS) is 33.5. The topological polar surface area (TPSA) is 24.5 Å². The van der Waals surface area contributed by atoms with E-state index in [1.165, 1.54) is 45.1 Å². The molecule has 2 rings (SSSR count). The Morgan fingerprint density at radius 3 is 2.28 bits per heavy atom. The molecule has 0 amide bonds. The van der Waals surface area contributed by atoms with Crippen LogP contribution in [-0.4, -0.2) is 49.3 Å². The number of hydrogen-bond acceptors (Lipinski definition) is 3. The molecule has 1 saturated heterocycles. The van der Waals surface area contributed by atoms with Crippen LogP contribution in [0.1, 0.15) is 52.4 Å². The maximum Gasteiger partial charge on any atom is 0.0678 e. The van der Waals surface area contributed by atoms with Crippen LogP contribution in [0, 0.1) is 0 Å². The second kappa shape index (κ2) is 6.36. The van der Waals surface area contributed by atoms with Crippen LogP contribution >= 0.6 is 0 Å². The van der Waals surface area contributed by atoms with Crippen molar-refractivity contribution in [1.82, 2.24) is 10.2 Å². The van der Waals surface area contributed by atoms with Gasteiger partial charge in [0.1, 0.15) is 0 Å². The van der Waals surface area contributed by atoms with E-state index >= 15 is 0 Å². The molecule has 2 fully saturated rings. The van der Waals surface area contributed by atoms with Crippen molar-refractivity contribution in [3.05, 3.63) is 0 Å². The number of rotatable bonds is 4. The van der Waals surface area contributed by atoms with Crippen LogP contribution in [0.4, 0.5) is 0 Å². The number of nitrogens with one attached hydrogen (secondary N) is 1. The van der Waals surface area contributed by atoms with Crippen molar-refractivity contribution in [3.63, 3.8) is 0 Å². The number of morpholine rings is 1. The lowest BCUT2D eigenvalue weighted by molar-refractivity contribution is -0.0699. The molecular formula is C15H30N2O. The third-order valence-electron chi connectivity index (χ3n) is 4.74. The lowest BCUT2D eigenvalue weighted by atomic mass is 9.79. The van der Waals surface area contributed by atoms with E-state index < -0.39 is 0 Å². The molecule has 0 aromatic carbocycles. The average Bonchev–Trinajstić information content (AvgIpc) is 2.36. The zero-order valence-corrected chi connectivity index (χ0v) is 12.4. The van der Waals surface area contributed by atoms with Crippen molar-refractivity contribution in [2.75, 3.05) is 26.7 Å². The zero-order chi connectivity index (χ0) is 13.0. The van der Waals surface area contributed by atoms with Gasteiger partial charge in [-0.25, -0.2) is 0 Å². The molecule has 1 heterocycles. The minimum absolute atomic E-state index is 0.394. The molecular weight excluding hydrogens is 224 g/mol. The molecule has 2 atom stereocenters. The molecule has 1 saturated carbocycles. The molecule has 3 heteroatoms. The Morgan fingerprint density at radius 2 is 1.72 bits per heavy atom. The molecule has 106 valence electrons. The molecule has 2 unspecified atom stereocenters. The van der Waals surface area contributed by atoms with Gasteiger partial charge in [-0.05, 0) is 40.2 Å². The highest BCUT2D eigenvalue weighted by molar-refractivity contribution is 4.91. The Balaban J connectivity index is 1.82. The van der Waals surface area contributed by atoms with Gasteiger partial charge in [0.05, 0.1) is 12.2 Å². The van der Waals surface area contributed by atoms with E-state index in [9.17, 15) is 0 Å². The fourth-order valence-electron chi connectivity index (χ4n) is 3.69. The Kier molecular flexibility index (Phi) is 5.05. The summed E-state index contributed by atoms with van der Waals surface area (Å²) >= 11 is 0. The highest BCUT2D eigenvalue weighted by Crippen LogP contribution is 2.31. The fraction of sp³-hybridized carbons (Fsp3) is 1.00. The van der Waals surface area contributed by atoms with Crippen LogP contribution in [0.2, 0.25) is 0 Å². The molecule has 2 aliphatic rings. The second-order valence-corrected chi connectivity index (χ2v) is 6.36. The molecule has 1 aliphatic carbocycles. The van der Waals surface area contributed by atoms with E-state index in [2.05, 4.69) is 31.1 Å². The molecule has 1 aliphatic heterocycles. The first-order chi connectivity index (χ1) is 8.63. The van der Waals surface area contributed by atoms with Crippen LogP contribution in [0.3, 0.4) is 0 Å². The monoisotopic (exact) mass is 254 g/mol. The zero-order valence-electron chi connectivity index (χ0n) is 12.4. The van der Waals surface area contributed by atoms with Crippen molar-refractivity contribution in [2.24, 2.45) is 0 Å². The van der Waals surface area contributed by atoms with Crippen LogP contribution in [0.5, 0.6) is 0 Å². The molecule has 0 radical (unpaired) electrons. The number of ether oxygens (including phenoxy) is 1. The molecule has 0 aromatic rings. The van der Waals surface area contributed by atoms with Crippen LogP contribution in [0.15, 0.2) is 0 Å². The van der Waals surface area contributed by atoms with Gasteiger partial charge in [0.25, 0.3) is 0 Å². The summed E-state index contributed by atoms with van der Waals surface area (Å²) in [6, 6.07) is 0. The lowest BCUT2D eigenvalue weighted by Crippen LogP contribution is -2.50. The Labute approximate surface area is 112 Å². The van der Waals surface area contributed by atoms with Gasteiger partial charge < -0.3 is 10.1 Å².